The number of hydrogen-bond donors (Lipinski definition) is 0. The molecule has 1 aliphatic rings. The minimum absolute atomic E-state index is 0.191. The third-order valence-corrected chi connectivity index (χ3v) is 4.79. The maximum atomic E-state index is 13.8. The van der Waals surface area contributed by atoms with Gasteiger partial charge in [-0.3, -0.25) is 0 Å². The van der Waals surface area contributed by atoms with Gasteiger partial charge in [-0.15, -0.1) is 0 Å². The highest BCUT2D eigenvalue weighted by Gasteiger charge is 2.17. The normalized spacial score (nSPS) is 15.5. The molecule has 126 valence electrons. The quantitative estimate of drug-likeness (QED) is 0.384. The Kier molecular flexibility index (Phi) is 5.76. The Morgan fingerprint density at radius 1 is 1.12 bits per heavy atom. The molecule has 3 rings (SSSR count). The van der Waals surface area contributed by atoms with E-state index in [1.54, 1.807) is 12.1 Å². The number of benzene rings is 2. The summed E-state index contributed by atoms with van der Waals surface area (Å²) in [6, 6.07) is 11.2. The van der Waals surface area contributed by atoms with Gasteiger partial charge in [0.25, 0.3) is 0 Å². The SMILES string of the molecule is CCCC1CCc2cc(C#Cc3ccc(N=C=S)c(F)c3)ccc2C1. The second-order valence-corrected chi connectivity index (χ2v) is 6.68. The van der Waals surface area contributed by atoms with E-state index >= 15 is 0 Å². The van der Waals surface area contributed by atoms with Crippen molar-refractivity contribution in [3.8, 4) is 11.8 Å². The van der Waals surface area contributed by atoms with Gasteiger partial charge < -0.3 is 0 Å². The van der Waals surface area contributed by atoms with Gasteiger partial charge in [-0.05, 0) is 78.9 Å². The largest absolute Gasteiger partial charge is 0.205 e. The van der Waals surface area contributed by atoms with Crippen molar-refractivity contribution in [1.29, 1.82) is 0 Å². The molecule has 0 saturated carbocycles. The second kappa shape index (κ2) is 8.21. The van der Waals surface area contributed by atoms with Crippen molar-refractivity contribution in [1.82, 2.24) is 0 Å². The number of hydrogen-bond acceptors (Lipinski definition) is 2. The first kappa shape index (κ1) is 17.5. The van der Waals surface area contributed by atoms with E-state index in [0.717, 1.165) is 17.9 Å². The van der Waals surface area contributed by atoms with Crippen LogP contribution >= 0.6 is 12.2 Å². The average Bonchev–Trinajstić information content (AvgIpc) is 2.62. The smallest absolute Gasteiger partial charge is 0.150 e. The van der Waals surface area contributed by atoms with Crippen LogP contribution < -0.4 is 0 Å². The summed E-state index contributed by atoms with van der Waals surface area (Å²) in [5, 5.41) is 2.17. The average molecular weight is 349 g/mol. The van der Waals surface area contributed by atoms with Crippen LogP contribution in [0.1, 0.15) is 48.4 Å². The molecule has 1 aliphatic carbocycles. The van der Waals surface area contributed by atoms with Crippen LogP contribution in [0.5, 0.6) is 0 Å². The number of aryl methyl sites for hydroxylation is 1. The van der Waals surface area contributed by atoms with Crippen LogP contribution in [-0.4, -0.2) is 5.16 Å². The van der Waals surface area contributed by atoms with Crippen LogP contribution in [0.25, 0.3) is 0 Å². The highest BCUT2D eigenvalue weighted by Crippen LogP contribution is 2.29. The Morgan fingerprint density at radius 2 is 1.88 bits per heavy atom. The second-order valence-electron chi connectivity index (χ2n) is 6.50. The zero-order valence-corrected chi connectivity index (χ0v) is 15.1. The van der Waals surface area contributed by atoms with Crippen molar-refractivity contribution in [3.05, 3.63) is 64.5 Å². The topological polar surface area (TPSA) is 12.4 Å². The highest BCUT2D eigenvalue weighted by atomic mass is 32.1. The summed E-state index contributed by atoms with van der Waals surface area (Å²) >= 11 is 4.50. The van der Waals surface area contributed by atoms with Crippen molar-refractivity contribution in [3.63, 3.8) is 0 Å². The van der Waals surface area contributed by atoms with E-state index in [1.165, 1.54) is 42.9 Å². The van der Waals surface area contributed by atoms with Crippen LogP contribution in [0.4, 0.5) is 10.1 Å². The van der Waals surface area contributed by atoms with Gasteiger partial charge in [0, 0.05) is 11.1 Å². The van der Waals surface area contributed by atoms with E-state index in [4.69, 9.17) is 0 Å². The fourth-order valence-electron chi connectivity index (χ4n) is 3.43. The van der Waals surface area contributed by atoms with E-state index in [2.05, 4.69) is 59.3 Å². The van der Waals surface area contributed by atoms with E-state index in [9.17, 15) is 4.39 Å². The third kappa shape index (κ3) is 4.42. The van der Waals surface area contributed by atoms with E-state index in [-0.39, 0.29) is 5.69 Å². The van der Waals surface area contributed by atoms with Gasteiger partial charge in [-0.1, -0.05) is 37.7 Å². The van der Waals surface area contributed by atoms with Crippen LogP contribution in [0.2, 0.25) is 0 Å². The molecule has 1 nitrogen and oxygen atoms in total. The molecule has 2 aromatic carbocycles. The molecule has 0 bridgehead atoms. The fourth-order valence-corrected chi connectivity index (χ4v) is 3.53. The van der Waals surface area contributed by atoms with Crippen molar-refractivity contribution in [2.24, 2.45) is 10.9 Å². The van der Waals surface area contributed by atoms with Gasteiger partial charge in [-0.2, -0.15) is 4.99 Å². The molecule has 0 N–H and O–H groups in total. The van der Waals surface area contributed by atoms with Gasteiger partial charge in [0.05, 0.1) is 5.16 Å². The lowest BCUT2D eigenvalue weighted by Gasteiger charge is -2.24. The van der Waals surface area contributed by atoms with Crippen LogP contribution in [0, 0.1) is 23.6 Å². The maximum Gasteiger partial charge on any atom is 0.150 e. The molecular formula is C22H20FNS. The molecule has 1 unspecified atom stereocenters. The van der Waals surface area contributed by atoms with Crippen molar-refractivity contribution in [2.45, 2.75) is 39.0 Å². The molecular weight excluding hydrogens is 329 g/mol. The molecule has 0 aromatic heterocycles. The van der Waals surface area contributed by atoms with Crippen LogP contribution in [-0.2, 0) is 12.8 Å². The van der Waals surface area contributed by atoms with Gasteiger partial charge in [0.15, 0.2) is 5.82 Å². The molecule has 0 aliphatic heterocycles. The molecule has 0 saturated heterocycles. The molecule has 1 atom stereocenters. The molecule has 25 heavy (non-hydrogen) atoms. The van der Waals surface area contributed by atoms with Crippen LogP contribution in [0.3, 0.4) is 0 Å². The lowest BCUT2D eigenvalue weighted by atomic mass is 9.81. The monoisotopic (exact) mass is 349 g/mol. The van der Waals surface area contributed by atoms with E-state index in [1.807, 2.05) is 0 Å². The summed E-state index contributed by atoms with van der Waals surface area (Å²) in [5.74, 6) is 6.56. The highest BCUT2D eigenvalue weighted by molar-refractivity contribution is 7.78. The summed E-state index contributed by atoms with van der Waals surface area (Å²) in [4.78, 5) is 3.67. The minimum atomic E-state index is -0.434. The summed E-state index contributed by atoms with van der Waals surface area (Å²) < 4.78 is 13.8. The fraction of sp³-hybridized carbons (Fsp3) is 0.318. The first-order valence-electron chi connectivity index (χ1n) is 8.71. The first-order chi connectivity index (χ1) is 12.2. The lowest BCUT2D eigenvalue weighted by Crippen LogP contribution is -2.14. The number of halogens is 1. The lowest BCUT2D eigenvalue weighted by molar-refractivity contribution is 0.423. The van der Waals surface area contributed by atoms with Crippen molar-refractivity contribution >= 4 is 23.1 Å². The molecule has 3 heteroatoms. The Balaban J connectivity index is 1.78. The Morgan fingerprint density at radius 3 is 2.60 bits per heavy atom. The number of thiocarbonyl (C=S) groups is 1. The first-order valence-corrected chi connectivity index (χ1v) is 9.11. The van der Waals surface area contributed by atoms with Crippen molar-refractivity contribution < 1.29 is 4.39 Å². The standard InChI is InChI=1S/C22H20FNS/c1-2-3-16-6-9-20-13-17(7-10-19(20)12-16)4-5-18-8-11-22(24-15-25)21(23)14-18/h7-8,10-11,13-14,16H,2-3,6,9,12H2,1H3. The zero-order valence-electron chi connectivity index (χ0n) is 14.3. The molecule has 0 spiro atoms. The number of rotatable bonds is 3. The number of nitrogens with zero attached hydrogens (tertiary/aromatic N) is 1. The minimum Gasteiger partial charge on any atom is -0.205 e. The van der Waals surface area contributed by atoms with E-state index in [0.29, 0.717) is 5.56 Å². The number of isothiocyanates is 1. The predicted octanol–water partition coefficient (Wildman–Crippen LogP) is 5.86. The van der Waals surface area contributed by atoms with Crippen LogP contribution in [0.15, 0.2) is 41.4 Å². The molecule has 0 radical (unpaired) electrons. The van der Waals surface area contributed by atoms with Crippen molar-refractivity contribution in [2.75, 3.05) is 0 Å². The molecule has 0 fully saturated rings. The van der Waals surface area contributed by atoms with Gasteiger partial charge in [-0.25, -0.2) is 4.39 Å². The van der Waals surface area contributed by atoms with E-state index < -0.39 is 5.82 Å². The molecule has 0 heterocycles. The third-order valence-electron chi connectivity index (χ3n) is 4.70. The summed E-state index contributed by atoms with van der Waals surface area (Å²) in [5.41, 5.74) is 4.67. The number of aliphatic imine (C=N–C) groups is 1. The summed E-state index contributed by atoms with van der Waals surface area (Å²) in [7, 11) is 0. The predicted molar refractivity (Wildman–Crippen MR) is 104 cm³/mol. The zero-order chi connectivity index (χ0) is 17.6. The molecule has 0 amide bonds. The van der Waals surface area contributed by atoms with Gasteiger partial charge in [0.1, 0.15) is 5.69 Å². The maximum absolute atomic E-state index is 13.8. The Labute approximate surface area is 154 Å². The van der Waals surface area contributed by atoms with Gasteiger partial charge in [0.2, 0.25) is 0 Å². The number of fused-ring (bicyclic) bond motifs is 1. The summed E-state index contributed by atoms with van der Waals surface area (Å²) in [6.45, 7) is 2.26. The van der Waals surface area contributed by atoms with Gasteiger partial charge >= 0.3 is 0 Å². The Bertz CT molecular complexity index is 885. The summed E-state index contributed by atoms with van der Waals surface area (Å²) in [6.07, 6.45) is 6.16. The molecule has 2 aromatic rings. The Hall–Kier alpha value is -2.27.